The van der Waals surface area contributed by atoms with Gasteiger partial charge in [0.2, 0.25) is 5.91 Å². The lowest BCUT2D eigenvalue weighted by molar-refractivity contribution is -0.178. The maximum Gasteiger partial charge on any atom is 0.256 e. The smallest absolute Gasteiger partial charge is 0.256 e. The molecular weight excluding hydrogens is 442 g/mol. The van der Waals surface area contributed by atoms with Gasteiger partial charge in [0.1, 0.15) is 12.4 Å². The molecule has 3 aliphatic heterocycles. The first-order valence-corrected chi connectivity index (χ1v) is 13.6. The number of nitrogens with zero attached hydrogens (tertiary/aromatic N) is 3. The molecule has 0 bridgehead atoms. The fraction of sp³-hybridized carbons (Fsp3) is 0.714. The summed E-state index contributed by atoms with van der Waals surface area (Å²) in [7, 11) is 2.11. The number of ether oxygens (including phenoxy) is 2. The molecule has 1 aromatic carbocycles. The Labute approximate surface area is 210 Å². The third-order valence-corrected chi connectivity index (χ3v) is 7.89. The first-order chi connectivity index (χ1) is 17.0. The van der Waals surface area contributed by atoms with Crippen LogP contribution < -0.4 is 4.74 Å². The minimum atomic E-state index is -0.953. The second kappa shape index (κ2) is 12.2. The lowest BCUT2D eigenvalue weighted by Crippen LogP contribution is -2.62. The Kier molecular flexibility index (Phi) is 9.06. The van der Waals surface area contributed by atoms with Crippen LogP contribution in [0.3, 0.4) is 0 Å². The predicted molar refractivity (Wildman–Crippen MR) is 136 cm³/mol. The van der Waals surface area contributed by atoms with E-state index in [1.165, 1.54) is 5.56 Å². The molecule has 0 N–H and O–H groups in total. The molecule has 35 heavy (non-hydrogen) atoms. The highest BCUT2D eigenvalue weighted by atomic mass is 16.5. The zero-order valence-corrected chi connectivity index (χ0v) is 21.7. The summed E-state index contributed by atoms with van der Waals surface area (Å²) in [5.41, 5.74) is 0.267. The average Bonchev–Trinajstić information content (AvgIpc) is 2.88. The SMILES string of the molecule is CCCCN1CCOc2ccccc2CCCCC2(CN(C(=O)C3CCN(C)CC3)CCO2)C1=O. The molecular formula is C28H43N3O4. The number of hydrogen-bond donors (Lipinski definition) is 0. The van der Waals surface area contributed by atoms with Gasteiger partial charge >= 0.3 is 0 Å². The van der Waals surface area contributed by atoms with Crippen LogP contribution in [0.2, 0.25) is 0 Å². The highest BCUT2D eigenvalue weighted by Gasteiger charge is 2.47. The van der Waals surface area contributed by atoms with E-state index in [-0.39, 0.29) is 17.7 Å². The standard InChI is InChI=1S/C28H43N3O4/c1-3-4-15-30-18-20-34-25-11-6-5-9-23(25)10-7-8-14-28(27(30)33)22-31(19-21-35-28)26(32)24-12-16-29(2)17-13-24/h5-6,9,11,24H,3-4,7-8,10,12-22H2,1-2H3. The lowest BCUT2D eigenvalue weighted by atomic mass is 9.89. The van der Waals surface area contributed by atoms with Crippen LogP contribution in [0.1, 0.15) is 57.4 Å². The van der Waals surface area contributed by atoms with Crippen molar-refractivity contribution in [3.8, 4) is 5.75 Å². The maximum absolute atomic E-state index is 14.1. The van der Waals surface area contributed by atoms with Gasteiger partial charge in [-0.25, -0.2) is 0 Å². The number of likely N-dealkylation sites (tertiary alicyclic amines) is 1. The number of carbonyl (C=O) groups excluding carboxylic acids is 2. The van der Waals surface area contributed by atoms with Gasteiger partial charge in [-0.3, -0.25) is 9.59 Å². The Hall–Kier alpha value is -2.12. The molecule has 0 aliphatic carbocycles. The number of rotatable bonds is 4. The summed E-state index contributed by atoms with van der Waals surface area (Å²) in [6.45, 7) is 7.10. The predicted octanol–water partition coefficient (Wildman–Crippen LogP) is 3.36. The van der Waals surface area contributed by atoms with Crippen molar-refractivity contribution in [2.75, 3.05) is 59.5 Å². The molecule has 0 radical (unpaired) electrons. The quantitative estimate of drug-likeness (QED) is 0.655. The molecule has 194 valence electrons. The van der Waals surface area contributed by atoms with E-state index in [1.807, 2.05) is 21.9 Å². The van der Waals surface area contributed by atoms with Crippen LogP contribution in [0.4, 0.5) is 0 Å². The van der Waals surface area contributed by atoms with Crippen LogP contribution in [-0.2, 0) is 20.7 Å². The molecule has 4 rings (SSSR count). The van der Waals surface area contributed by atoms with E-state index in [2.05, 4.69) is 31.0 Å². The molecule has 7 heteroatoms. The Bertz CT molecular complexity index is 854. The molecule has 1 spiro atoms. The van der Waals surface area contributed by atoms with Crippen LogP contribution in [0.15, 0.2) is 24.3 Å². The van der Waals surface area contributed by atoms with Crippen LogP contribution in [0, 0.1) is 5.92 Å². The molecule has 2 fully saturated rings. The van der Waals surface area contributed by atoms with Gasteiger partial charge in [-0.1, -0.05) is 31.5 Å². The van der Waals surface area contributed by atoms with E-state index in [9.17, 15) is 9.59 Å². The third kappa shape index (κ3) is 6.36. The number of aryl methyl sites for hydroxylation is 1. The van der Waals surface area contributed by atoms with Crippen LogP contribution >= 0.6 is 0 Å². The van der Waals surface area contributed by atoms with Crippen LogP contribution in [-0.4, -0.2) is 91.6 Å². The normalized spacial score (nSPS) is 25.5. The number of fused-ring (bicyclic) bond motifs is 1. The van der Waals surface area contributed by atoms with Crippen molar-refractivity contribution in [2.45, 2.75) is 63.9 Å². The number of piperidine rings is 1. The molecule has 7 nitrogen and oxygen atoms in total. The number of amides is 2. The van der Waals surface area contributed by atoms with E-state index in [4.69, 9.17) is 9.47 Å². The minimum absolute atomic E-state index is 0.0317. The van der Waals surface area contributed by atoms with Gasteiger partial charge in [0.25, 0.3) is 5.91 Å². The fourth-order valence-electron chi connectivity index (χ4n) is 5.67. The maximum atomic E-state index is 14.1. The van der Waals surface area contributed by atoms with Gasteiger partial charge in [0.15, 0.2) is 5.60 Å². The monoisotopic (exact) mass is 485 g/mol. The second-order valence-corrected chi connectivity index (χ2v) is 10.5. The number of unbranched alkanes of at least 4 members (excludes halogenated alkanes) is 1. The van der Waals surface area contributed by atoms with Crippen molar-refractivity contribution in [2.24, 2.45) is 5.92 Å². The van der Waals surface area contributed by atoms with E-state index in [0.29, 0.717) is 45.8 Å². The zero-order valence-electron chi connectivity index (χ0n) is 21.7. The number of para-hydroxylation sites is 1. The summed E-state index contributed by atoms with van der Waals surface area (Å²) in [5, 5.41) is 0. The third-order valence-electron chi connectivity index (χ3n) is 7.89. The fourth-order valence-corrected chi connectivity index (χ4v) is 5.67. The van der Waals surface area contributed by atoms with Crippen molar-refractivity contribution in [3.05, 3.63) is 29.8 Å². The Morgan fingerprint density at radius 3 is 2.69 bits per heavy atom. The summed E-state index contributed by atoms with van der Waals surface area (Å²) in [6, 6.07) is 8.22. The van der Waals surface area contributed by atoms with Crippen molar-refractivity contribution >= 4 is 11.8 Å². The van der Waals surface area contributed by atoms with Gasteiger partial charge in [0.05, 0.1) is 19.7 Å². The molecule has 3 aliphatic rings. The first-order valence-electron chi connectivity index (χ1n) is 13.6. The first kappa shape index (κ1) is 26.0. The van der Waals surface area contributed by atoms with Crippen LogP contribution in [0.5, 0.6) is 5.75 Å². The van der Waals surface area contributed by atoms with E-state index < -0.39 is 5.60 Å². The Morgan fingerprint density at radius 2 is 1.89 bits per heavy atom. The summed E-state index contributed by atoms with van der Waals surface area (Å²) in [6.07, 6.45) is 7.14. The zero-order chi connectivity index (χ0) is 24.7. The van der Waals surface area contributed by atoms with E-state index in [0.717, 1.165) is 63.8 Å². The summed E-state index contributed by atoms with van der Waals surface area (Å²) >= 11 is 0. The number of benzene rings is 1. The van der Waals surface area contributed by atoms with Crippen molar-refractivity contribution in [1.29, 1.82) is 0 Å². The Balaban J connectivity index is 1.53. The van der Waals surface area contributed by atoms with Crippen molar-refractivity contribution in [3.63, 3.8) is 0 Å². The molecule has 2 saturated heterocycles. The highest BCUT2D eigenvalue weighted by molar-refractivity contribution is 5.87. The van der Waals surface area contributed by atoms with E-state index >= 15 is 0 Å². The van der Waals surface area contributed by atoms with Gasteiger partial charge in [-0.05, 0) is 76.7 Å². The largest absolute Gasteiger partial charge is 0.491 e. The molecule has 1 atom stereocenters. The number of morpholine rings is 1. The van der Waals surface area contributed by atoms with Crippen molar-refractivity contribution in [1.82, 2.24) is 14.7 Å². The second-order valence-electron chi connectivity index (χ2n) is 10.5. The van der Waals surface area contributed by atoms with Crippen LogP contribution in [0.25, 0.3) is 0 Å². The highest BCUT2D eigenvalue weighted by Crippen LogP contribution is 2.31. The molecule has 1 aromatic rings. The number of hydrogen-bond acceptors (Lipinski definition) is 5. The minimum Gasteiger partial charge on any atom is -0.491 e. The lowest BCUT2D eigenvalue weighted by Gasteiger charge is -2.45. The molecule has 2 amide bonds. The average molecular weight is 486 g/mol. The molecule has 0 aromatic heterocycles. The van der Waals surface area contributed by atoms with Gasteiger partial charge in [-0.2, -0.15) is 0 Å². The van der Waals surface area contributed by atoms with Gasteiger partial charge in [-0.15, -0.1) is 0 Å². The molecule has 1 unspecified atom stereocenters. The molecule has 0 saturated carbocycles. The Morgan fingerprint density at radius 1 is 1.09 bits per heavy atom. The van der Waals surface area contributed by atoms with Gasteiger partial charge < -0.3 is 24.2 Å². The van der Waals surface area contributed by atoms with Gasteiger partial charge in [0, 0.05) is 19.0 Å². The summed E-state index contributed by atoms with van der Waals surface area (Å²) in [4.78, 5) is 33.7. The summed E-state index contributed by atoms with van der Waals surface area (Å²) < 4.78 is 12.5. The van der Waals surface area contributed by atoms with E-state index in [1.54, 1.807) is 0 Å². The topological polar surface area (TPSA) is 62.3 Å². The summed E-state index contributed by atoms with van der Waals surface area (Å²) in [5.74, 6) is 1.22. The number of carbonyl (C=O) groups is 2. The molecule has 3 heterocycles. The van der Waals surface area contributed by atoms with Crippen molar-refractivity contribution < 1.29 is 19.1 Å².